The van der Waals surface area contributed by atoms with E-state index < -0.39 is 10.0 Å². The molecule has 1 aromatic rings. The number of benzene rings is 1. The van der Waals surface area contributed by atoms with Gasteiger partial charge in [0, 0.05) is 26.2 Å². The van der Waals surface area contributed by atoms with Gasteiger partial charge in [0.1, 0.15) is 0 Å². The van der Waals surface area contributed by atoms with Gasteiger partial charge < -0.3 is 10.2 Å². The van der Waals surface area contributed by atoms with E-state index in [0.717, 1.165) is 31.5 Å². The fraction of sp³-hybridized carbons (Fsp3) is 0.625. The van der Waals surface area contributed by atoms with Gasteiger partial charge >= 0.3 is 0 Å². The molecule has 124 valence electrons. The first-order valence-corrected chi connectivity index (χ1v) is 9.22. The van der Waals surface area contributed by atoms with Gasteiger partial charge in [0.25, 0.3) is 0 Å². The lowest BCUT2D eigenvalue weighted by molar-refractivity contribution is 0.226. The Morgan fingerprint density at radius 2 is 1.73 bits per heavy atom. The van der Waals surface area contributed by atoms with Crippen molar-refractivity contribution in [2.45, 2.75) is 36.7 Å². The summed E-state index contributed by atoms with van der Waals surface area (Å²) in [6, 6.07) is 7.96. The predicted octanol–water partition coefficient (Wildman–Crippen LogP) is 1.68. The Kier molecular flexibility index (Phi) is 5.60. The molecule has 1 heterocycles. The highest BCUT2D eigenvalue weighted by molar-refractivity contribution is 7.89. The van der Waals surface area contributed by atoms with E-state index in [-0.39, 0.29) is 6.04 Å². The van der Waals surface area contributed by atoms with Crippen LogP contribution in [-0.2, 0) is 10.0 Å². The molecule has 6 heteroatoms. The molecule has 0 aromatic heterocycles. The zero-order valence-electron chi connectivity index (χ0n) is 13.9. The van der Waals surface area contributed by atoms with Gasteiger partial charge in [-0.1, -0.05) is 12.1 Å². The lowest BCUT2D eigenvalue weighted by Crippen LogP contribution is -2.41. The number of rotatable bonds is 5. The zero-order valence-corrected chi connectivity index (χ0v) is 14.7. The SMILES string of the molecule is CC(NC1CCN(C)CC1)c1ccc(S(=O)(=O)N(C)C)cc1. The van der Waals surface area contributed by atoms with Gasteiger partial charge in [0.05, 0.1) is 4.90 Å². The molecule has 1 unspecified atom stereocenters. The highest BCUT2D eigenvalue weighted by Crippen LogP contribution is 2.20. The number of hydrogen-bond acceptors (Lipinski definition) is 4. The summed E-state index contributed by atoms with van der Waals surface area (Å²) in [4.78, 5) is 2.69. The minimum absolute atomic E-state index is 0.226. The minimum Gasteiger partial charge on any atom is -0.307 e. The maximum absolute atomic E-state index is 12.1. The lowest BCUT2D eigenvalue weighted by atomic mass is 10.0. The first-order chi connectivity index (χ1) is 10.3. The average molecular weight is 325 g/mol. The van der Waals surface area contributed by atoms with Gasteiger partial charge in [-0.25, -0.2) is 12.7 Å². The summed E-state index contributed by atoms with van der Waals surface area (Å²) in [5.41, 5.74) is 1.12. The Labute approximate surface area is 134 Å². The fourth-order valence-electron chi connectivity index (χ4n) is 2.76. The average Bonchev–Trinajstić information content (AvgIpc) is 2.49. The number of nitrogens with zero attached hydrogens (tertiary/aromatic N) is 2. The van der Waals surface area contributed by atoms with E-state index in [9.17, 15) is 8.42 Å². The minimum atomic E-state index is -3.35. The van der Waals surface area contributed by atoms with Crippen LogP contribution in [0.3, 0.4) is 0 Å². The summed E-state index contributed by atoms with van der Waals surface area (Å²) in [6.45, 7) is 4.39. The molecule has 0 bridgehead atoms. The largest absolute Gasteiger partial charge is 0.307 e. The van der Waals surface area contributed by atoms with Crippen molar-refractivity contribution < 1.29 is 8.42 Å². The number of hydrogen-bond donors (Lipinski definition) is 1. The summed E-state index contributed by atoms with van der Waals surface area (Å²) in [6.07, 6.45) is 2.32. The Morgan fingerprint density at radius 1 is 1.18 bits per heavy atom. The van der Waals surface area contributed by atoms with Crippen LogP contribution in [0.15, 0.2) is 29.2 Å². The third-order valence-corrected chi connectivity index (χ3v) is 6.19. The zero-order chi connectivity index (χ0) is 16.3. The molecule has 1 aliphatic heterocycles. The smallest absolute Gasteiger partial charge is 0.242 e. The second-order valence-electron chi connectivity index (χ2n) is 6.32. The van der Waals surface area contributed by atoms with Crippen LogP contribution in [-0.4, -0.2) is 57.9 Å². The monoisotopic (exact) mass is 325 g/mol. The number of nitrogens with one attached hydrogen (secondary N) is 1. The topological polar surface area (TPSA) is 52.7 Å². The molecule has 0 spiro atoms. The Morgan fingerprint density at radius 3 is 2.23 bits per heavy atom. The molecule has 1 aromatic carbocycles. The summed E-state index contributed by atoms with van der Waals surface area (Å²) in [5.74, 6) is 0. The van der Waals surface area contributed by atoms with Crippen molar-refractivity contribution in [3.8, 4) is 0 Å². The van der Waals surface area contributed by atoms with Crippen LogP contribution in [0, 0.1) is 0 Å². The molecule has 2 rings (SSSR count). The Bertz CT molecular complexity index is 576. The molecule has 22 heavy (non-hydrogen) atoms. The maximum atomic E-state index is 12.1. The third-order valence-electron chi connectivity index (χ3n) is 4.36. The normalized spacial score (nSPS) is 19.5. The molecule has 0 radical (unpaired) electrons. The summed E-state index contributed by atoms with van der Waals surface area (Å²) >= 11 is 0. The highest BCUT2D eigenvalue weighted by atomic mass is 32.2. The van der Waals surface area contributed by atoms with Crippen LogP contribution in [0.2, 0.25) is 0 Å². The van der Waals surface area contributed by atoms with Crippen molar-refractivity contribution in [2.24, 2.45) is 0 Å². The lowest BCUT2D eigenvalue weighted by Gasteiger charge is -2.31. The highest BCUT2D eigenvalue weighted by Gasteiger charge is 2.20. The van der Waals surface area contributed by atoms with Crippen molar-refractivity contribution in [2.75, 3.05) is 34.2 Å². The fourth-order valence-corrected chi connectivity index (χ4v) is 3.67. The van der Waals surface area contributed by atoms with Gasteiger partial charge in [-0.2, -0.15) is 0 Å². The summed E-state index contributed by atoms with van der Waals surface area (Å²) in [7, 11) is 1.91. The predicted molar refractivity (Wildman–Crippen MR) is 89.4 cm³/mol. The van der Waals surface area contributed by atoms with Crippen LogP contribution >= 0.6 is 0 Å². The molecule has 1 atom stereocenters. The molecule has 1 aliphatic rings. The van der Waals surface area contributed by atoms with E-state index in [1.54, 1.807) is 26.2 Å². The van der Waals surface area contributed by atoms with Gasteiger partial charge in [-0.15, -0.1) is 0 Å². The first kappa shape index (κ1) is 17.4. The Hall–Kier alpha value is -0.950. The molecule has 1 fully saturated rings. The van der Waals surface area contributed by atoms with Crippen molar-refractivity contribution in [3.05, 3.63) is 29.8 Å². The van der Waals surface area contributed by atoms with Crippen LogP contribution in [0.5, 0.6) is 0 Å². The molecule has 1 N–H and O–H groups in total. The second kappa shape index (κ2) is 7.08. The number of piperidine rings is 1. The second-order valence-corrected chi connectivity index (χ2v) is 8.47. The van der Waals surface area contributed by atoms with Gasteiger partial charge in [0.15, 0.2) is 0 Å². The molecule has 1 saturated heterocycles. The van der Waals surface area contributed by atoms with Gasteiger partial charge in [-0.05, 0) is 57.6 Å². The maximum Gasteiger partial charge on any atom is 0.242 e. The van der Waals surface area contributed by atoms with Crippen molar-refractivity contribution in [1.82, 2.24) is 14.5 Å². The third kappa shape index (κ3) is 4.07. The molecular weight excluding hydrogens is 298 g/mol. The van der Waals surface area contributed by atoms with Crippen LogP contribution in [0.25, 0.3) is 0 Å². The van der Waals surface area contributed by atoms with Gasteiger partial charge in [-0.3, -0.25) is 0 Å². The number of likely N-dealkylation sites (tertiary alicyclic amines) is 1. The van der Waals surface area contributed by atoms with Gasteiger partial charge in [0.2, 0.25) is 10.0 Å². The van der Waals surface area contributed by atoms with E-state index in [1.165, 1.54) is 4.31 Å². The quantitative estimate of drug-likeness (QED) is 0.895. The Balaban J connectivity index is 2.01. The first-order valence-electron chi connectivity index (χ1n) is 7.78. The van der Waals surface area contributed by atoms with Crippen molar-refractivity contribution in [1.29, 1.82) is 0 Å². The molecule has 5 nitrogen and oxygen atoms in total. The van der Waals surface area contributed by atoms with E-state index >= 15 is 0 Å². The summed E-state index contributed by atoms with van der Waals surface area (Å²) in [5, 5.41) is 3.65. The number of sulfonamides is 1. The van der Waals surface area contributed by atoms with Crippen molar-refractivity contribution in [3.63, 3.8) is 0 Å². The van der Waals surface area contributed by atoms with E-state index in [2.05, 4.69) is 24.2 Å². The molecular formula is C16H27N3O2S. The standard InChI is InChI=1S/C16H27N3O2S/c1-13(17-15-9-11-19(4)12-10-15)14-5-7-16(8-6-14)22(20,21)18(2)3/h5-8,13,15,17H,9-12H2,1-4H3. The van der Waals surface area contributed by atoms with Crippen LogP contribution in [0.1, 0.15) is 31.4 Å². The molecule has 0 amide bonds. The van der Waals surface area contributed by atoms with Crippen LogP contribution < -0.4 is 5.32 Å². The molecule has 0 saturated carbocycles. The molecule has 0 aliphatic carbocycles. The van der Waals surface area contributed by atoms with Crippen LogP contribution in [0.4, 0.5) is 0 Å². The van der Waals surface area contributed by atoms with Crippen molar-refractivity contribution >= 4 is 10.0 Å². The van der Waals surface area contributed by atoms with E-state index in [0.29, 0.717) is 10.9 Å². The van der Waals surface area contributed by atoms with E-state index in [1.807, 2.05) is 12.1 Å². The summed E-state index contributed by atoms with van der Waals surface area (Å²) < 4.78 is 25.4. The van der Waals surface area contributed by atoms with E-state index in [4.69, 9.17) is 0 Å².